The molecule has 1 fully saturated rings. The van der Waals surface area contributed by atoms with Crippen LogP contribution in [0.4, 0.5) is 5.69 Å². The van der Waals surface area contributed by atoms with Crippen molar-refractivity contribution >= 4 is 17.0 Å². The SMILES string of the molecule is Cc1cc(CNc2ccc(OC3CCCC3)cc2)c(C)s1. The molecule has 3 rings (SSSR count). The Bertz CT molecular complexity index is 582. The highest BCUT2D eigenvalue weighted by atomic mass is 32.1. The maximum Gasteiger partial charge on any atom is 0.119 e. The van der Waals surface area contributed by atoms with E-state index in [-0.39, 0.29) is 0 Å². The average molecular weight is 301 g/mol. The molecule has 0 saturated heterocycles. The van der Waals surface area contributed by atoms with Gasteiger partial charge in [-0.3, -0.25) is 0 Å². The Kier molecular flexibility index (Phi) is 4.49. The first-order chi connectivity index (χ1) is 10.2. The molecule has 0 spiro atoms. The van der Waals surface area contributed by atoms with Gasteiger partial charge in [0, 0.05) is 22.0 Å². The summed E-state index contributed by atoms with van der Waals surface area (Å²) < 4.78 is 5.99. The summed E-state index contributed by atoms with van der Waals surface area (Å²) in [5.74, 6) is 0.995. The third-order valence-electron chi connectivity index (χ3n) is 4.09. The molecule has 1 aliphatic rings. The lowest BCUT2D eigenvalue weighted by Gasteiger charge is -2.13. The summed E-state index contributed by atoms with van der Waals surface area (Å²) in [7, 11) is 0. The molecule has 112 valence electrons. The predicted molar refractivity (Wildman–Crippen MR) is 90.4 cm³/mol. The van der Waals surface area contributed by atoms with Gasteiger partial charge in [-0.1, -0.05) is 0 Å². The molecule has 0 radical (unpaired) electrons. The van der Waals surface area contributed by atoms with Crippen molar-refractivity contribution in [2.24, 2.45) is 0 Å². The van der Waals surface area contributed by atoms with E-state index in [1.165, 1.54) is 41.0 Å². The van der Waals surface area contributed by atoms with Crippen LogP contribution in [0.3, 0.4) is 0 Å². The summed E-state index contributed by atoms with van der Waals surface area (Å²) in [4.78, 5) is 2.78. The Morgan fingerprint density at radius 1 is 1.14 bits per heavy atom. The summed E-state index contributed by atoms with van der Waals surface area (Å²) in [6, 6.07) is 10.6. The zero-order valence-electron chi connectivity index (χ0n) is 12.8. The van der Waals surface area contributed by atoms with E-state index < -0.39 is 0 Å². The normalized spacial score (nSPS) is 15.3. The van der Waals surface area contributed by atoms with Crippen molar-refractivity contribution in [1.29, 1.82) is 0 Å². The van der Waals surface area contributed by atoms with E-state index in [1.807, 2.05) is 11.3 Å². The lowest BCUT2D eigenvalue weighted by Crippen LogP contribution is -2.10. The van der Waals surface area contributed by atoms with E-state index in [4.69, 9.17) is 4.74 Å². The molecule has 0 amide bonds. The van der Waals surface area contributed by atoms with Gasteiger partial charge in [-0.25, -0.2) is 0 Å². The van der Waals surface area contributed by atoms with E-state index in [1.54, 1.807) is 0 Å². The Hall–Kier alpha value is -1.48. The first-order valence-electron chi connectivity index (χ1n) is 7.77. The highest BCUT2D eigenvalue weighted by molar-refractivity contribution is 7.12. The van der Waals surface area contributed by atoms with Gasteiger partial charge >= 0.3 is 0 Å². The number of anilines is 1. The monoisotopic (exact) mass is 301 g/mol. The largest absolute Gasteiger partial charge is 0.490 e. The maximum atomic E-state index is 5.99. The minimum Gasteiger partial charge on any atom is -0.490 e. The molecule has 2 aromatic rings. The number of benzene rings is 1. The first kappa shape index (κ1) is 14.5. The van der Waals surface area contributed by atoms with Crippen molar-refractivity contribution < 1.29 is 4.74 Å². The highest BCUT2D eigenvalue weighted by Gasteiger charge is 2.16. The van der Waals surface area contributed by atoms with Crippen molar-refractivity contribution in [2.75, 3.05) is 5.32 Å². The molecule has 1 aromatic carbocycles. The smallest absolute Gasteiger partial charge is 0.119 e. The predicted octanol–water partition coefficient (Wildman–Crippen LogP) is 5.30. The van der Waals surface area contributed by atoms with Gasteiger partial charge in [-0.05, 0) is 75.4 Å². The van der Waals surface area contributed by atoms with Gasteiger partial charge in [0.25, 0.3) is 0 Å². The number of ether oxygens (including phenoxy) is 1. The zero-order chi connectivity index (χ0) is 14.7. The van der Waals surface area contributed by atoms with Gasteiger partial charge in [0.1, 0.15) is 5.75 Å². The molecule has 21 heavy (non-hydrogen) atoms. The van der Waals surface area contributed by atoms with Crippen LogP contribution in [0.5, 0.6) is 5.75 Å². The van der Waals surface area contributed by atoms with Crippen LogP contribution in [-0.2, 0) is 6.54 Å². The lowest BCUT2D eigenvalue weighted by molar-refractivity contribution is 0.210. The second kappa shape index (κ2) is 6.52. The van der Waals surface area contributed by atoms with Crippen LogP contribution in [-0.4, -0.2) is 6.10 Å². The molecular weight excluding hydrogens is 278 g/mol. The van der Waals surface area contributed by atoms with Gasteiger partial charge in [-0.15, -0.1) is 11.3 Å². The fourth-order valence-corrected chi connectivity index (χ4v) is 3.85. The van der Waals surface area contributed by atoms with Crippen molar-refractivity contribution in [3.63, 3.8) is 0 Å². The first-order valence-corrected chi connectivity index (χ1v) is 8.59. The Balaban J connectivity index is 1.55. The number of rotatable bonds is 5. The zero-order valence-corrected chi connectivity index (χ0v) is 13.6. The van der Waals surface area contributed by atoms with Gasteiger partial charge in [0.15, 0.2) is 0 Å². The number of thiophene rings is 1. The molecule has 2 nitrogen and oxygen atoms in total. The van der Waals surface area contributed by atoms with E-state index >= 15 is 0 Å². The van der Waals surface area contributed by atoms with E-state index in [0.29, 0.717) is 6.10 Å². The number of nitrogens with one attached hydrogen (secondary N) is 1. The summed E-state index contributed by atoms with van der Waals surface area (Å²) >= 11 is 1.86. The van der Waals surface area contributed by atoms with Crippen molar-refractivity contribution in [1.82, 2.24) is 0 Å². The van der Waals surface area contributed by atoms with Crippen molar-refractivity contribution in [3.05, 3.63) is 45.6 Å². The Labute approximate surface area is 131 Å². The van der Waals surface area contributed by atoms with Crippen LogP contribution in [0.1, 0.15) is 41.0 Å². The third-order valence-corrected chi connectivity index (χ3v) is 5.09. The second-order valence-electron chi connectivity index (χ2n) is 5.84. The number of hydrogen-bond acceptors (Lipinski definition) is 3. The summed E-state index contributed by atoms with van der Waals surface area (Å²) in [5, 5.41) is 3.49. The topological polar surface area (TPSA) is 21.3 Å². The van der Waals surface area contributed by atoms with Crippen molar-refractivity contribution in [2.45, 2.75) is 52.2 Å². The summed E-state index contributed by atoms with van der Waals surface area (Å²) in [6.45, 7) is 5.24. The quantitative estimate of drug-likeness (QED) is 0.809. The Morgan fingerprint density at radius 2 is 1.86 bits per heavy atom. The molecule has 1 N–H and O–H groups in total. The van der Waals surface area contributed by atoms with Gasteiger partial charge < -0.3 is 10.1 Å². The minimum atomic E-state index is 0.431. The van der Waals surface area contributed by atoms with Crippen LogP contribution in [0.25, 0.3) is 0 Å². The molecule has 0 atom stereocenters. The van der Waals surface area contributed by atoms with Crippen LogP contribution in [0, 0.1) is 13.8 Å². The Morgan fingerprint density at radius 3 is 2.48 bits per heavy atom. The van der Waals surface area contributed by atoms with E-state index in [2.05, 4.69) is 49.5 Å². The average Bonchev–Trinajstić information content (AvgIpc) is 3.08. The molecule has 0 bridgehead atoms. The third kappa shape index (κ3) is 3.79. The van der Waals surface area contributed by atoms with Crippen molar-refractivity contribution in [3.8, 4) is 5.75 Å². The van der Waals surface area contributed by atoms with Gasteiger partial charge in [-0.2, -0.15) is 0 Å². The molecule has 0 aliphatic heterocycles. The second-order valence-corrected chi connectivity index (χ2v) is 7.30. The molecule has 1 heterocycles. The standard InChI is InChI=1S/C18H23NOS/c1-13-11-15(14(2)21-13)12-19-16-7-9-18(10-8-16)20-17-5-3-4-6-17/h7-11,17,19H,3-6,12H2,1-2H3. The fraction of sp³-hybridized carbons (Fsp3) is 0.444. The van der Waals surface area contributed by atoms with Gasteiger partial charge in [0.2, 0.25) is 0 Å². The van der Waals surface area contributed by atoms with Crippen LogP contribution in [0.15, 0.2) is 30.3 Å². The number of aryl methyl sites for hydroxylation is 2. The molecule has 1 aliphatic carbocycles. The van der Waals surface area contributed by atoms with E-state index in [9.17, 15) is 0 Å². The van der Waals surface area contributed by atoms with Crippen LogP contribution < -0.4 is 10.1 Å². The van der Waals surface area contributed by atoms with Crippen LogP contribution in [0.2, 0.25) is 0 Å². The lowest BCUT2D eigenvalue weighted by atomic mass is 10.2. The van der Waals surface area contributed by atoms with Crippen LogP contribution >= 0.6 is 11.3 Å². The summed E-state index contributed by atoms with van der Waals surface area (Å²) in [5.41, 5.74) is 2.54. The molecular formula is C18H23NOS. The summed E-state index contributed by atoms with van der Waals surface area (Å²) in [6.07, 6.45) is 5.46. The maximum absolute atomic E-state index is 5.99. The fourth-order valence-electron chi connectivity index (χ4n) is 2.91. The number of hydrogen-bond donors (Lipinski definition) is 1. The minimum absolute atomic E-state index is 0.431. The molecule has 0 unspecified atom stereocenters. The molecule has 1 saturated carbocycles. The highest BCUT2D eigenvalue weighted by Crippen LogP contribution is 2.26. The van der Waals surface area contributed by atoms with E-state index in [0.717, 1.165) is 18.0 Å². The molecule has 1 aromatic heterocycles. The van der Waals surface area contributed by atoms with Gasteiger partial charge in [0.05, 0.1) is 6.10 Å². The molecule has 3 heteroatoms.